The molecule has 0 atom stereocenters. The molecule has 0 unspecified atom stereocenters. The summed E-state index contributed by atoms with van der Waals surface area (Å²) in [5.41, 5.74) is 1.76. The molecule has 0 aliphatic carbocycles. The van der Waals surface area contributed by atoms with Gasteiger partial charge in [-0.2, -0.15) is 0 Å². The fraction of sp³-hybridized carbons (Fsp3) is 0. The number of pyridine rings is 1. The SMILES string of the molecule is O=C(O)c1cncc2c1[nH]c1ccccc12. The monoisotopic (exact) mass is 212 g/mol. The zero-order valence-corrected chi connectivity index (χ0v) is 8.27. The van der Waals surface area contributed by atoms with Crippen LogP contribution in [0.4, 0.5) is 0 Å². The van der Waals surface area contributed by atoms with Gasteiger partial charge in [-0.3, -0.25) is 4.98 Å². The highest BCUT2D eigenvalue weighted by Crippen LogP contribution is 2.26. The molecule has 0 spiro atoms. The highest BCUT2D eigenvalue weighted by atomic mass is 16.4. The summed E-state index contributed by atoms with van der Waals surface area (Å²) < 4.78 is 0. The molecule has 3 aromatic rings. The van der Waals surface area contributed by atoms with Gasteiger partial charge in [0.2, 0.25) is 0 Å². The van der Waals surface area contributed by atoms with Gasteiger partial charge in [0.25, 0.3) is 0 Å². The van der Waals surface area contributed by atoms with Crippen molar-refractivity contribution in [1.29, 1.82) is 0 Å². The van der Waals surface area contributed by atoms with Gasteiger partial charge in [0, 0.05) is 28.7 Å². The normalized spacial score (nSPS) is 11.0. The summed E-state index contributed by atoms with van der Waals surface area (Å²) in [4.78, 5) is 18.1. The van der Waals surface area contributed by atoms with E-state index in [2.05, 4.69) is 9.97 Å². The fourth-order valence-electron chi connectivity index (χ4n) is 1.92. The smallest absolute Gasteiger partial charge is 0.339 e. The number of aromatic carboxylic acids is 1. The van der Waals surface area contributed by atoms with Gasteiger partial charge in [-0.05, 0) is 6.07 Å². The van der Waals surface area contributed by atoms with E-state index in [1.54, 1.807) is 6.20 Å². The first kappa shape index (κ1) is 8.91. The Labute approximate surface area is 90.5 Å². The van der Waals surface area contributed by atoms with E-state index in [1.165, 1.54) is 6.20 Å². The van der Waals surface area contributed by atoms with Gasteiger partial charge in [-0.15, -0.1) is 0 Å². The third-order valence-electron chi connectivity index (χ3n) is 2.65. The molecule has 0 amide bonds. The van der Waals surface area contributed by atoms with Crippen molar-refractivity contribution in [2.45, 2.75) is 0 Å². The van der Waals surface area contributed by atoms with Crippen molar-refractivity contribution in [3.8, 4) is 0 Å². The molecule has 78 valence electrons. The van der Waals surface area contributed by atoms with Crippen molar-refractivity contribution in [3.05, 3.63) is 42.2 Å². The van der Waals surface area contributed by atoms with Gasteiger partial charge in [-0.1, -0.05) is 18.2 Å². The summed E-state index contributed by atoms with van der Waals surface area (Å²) in [5, 5.41) is 10.9. The summed E-state index contributed by atoms with van der Waals surface area (Å²) in [6.07, 6.45) is 3.04. The number of H-pyrrole nitrogens is 1. The maximum atomic E-state index is 11.0. The fourth-order valence-corrected chi connectivity index (χ4v) is 1.92. The first-order valence-corrected chi connectivity index (χ1v) is 4.85. The Hall–Kier alpha value is -2.36. The molecule has 3 rings (SSSR count). The lowest BCUT2D eigenvalue weighted by atomic mass is 10.1. The number of nitrogens with zero attached hydrogens (tertiary/aromatic N) is 1. The first-order chi connectivity index (χ1) is 7.77. The number of hydrogen-bond donors (Lipinski definition) is 2. The average Bonchev–Trinajstić information content (AvgIpc) is 2.67. The van der Waals surface area contributed by atoms with E-state index in [0.717, 1.165) is 16.3 Å². The molecule has 0 aliphatic heterocycles. The average molecular weight is 212 g/mol. The summed E-state index contributed by atoms with van der Waals surface area (Å²) >= 11 is 0. The summed E-state index contributed by atoms with van der Waals surface area (Å²) in [6.45, 7) is 0. The number of rotatable bonds is 1. The molecule has 0 saturated carbocycles. The molecule has 4 heteroatoms. The minimum Gasteiger partial charge on any atom is -0.478 e. The standard InChI is InChI=1S/C12H8N2O2/c15-12(16)9-6-13-5-8-7-3-1-2-4-10(7)14-11(8)9/h1-6,14H,(H,15,16). The van der Waals surface area contributed by atoms with E-state index in [1.807, 2.05) is 24.3 Å². The maximum absolute atomic E-state index is 11.0. The Morgan fingerprint density at radius 2 is 2.00 bits per heavy atom. The van der Waals surface area contributed by atoms with Crippen LogP contribution in [-0.4, -0.2) is 21.0 Å². The number of nitrogens with one attached hydrogen (secondary N) is 1. The van der Waals surface area contributed by atoms with Gasteiger partial charge < -0.3 is 10.1 Å². The number of carboxylic acids is 1. The van der Waals surface area contributed by atoms with E-state index in [0.29, 0.717) is 5.52 Å². The molecule has 0 saturated heterocycles. The molecule has 1 aromatic carbocycles. The predicted octanol–water partition coefficient (Wildman–Crippen LogP) is 2.41. The molecular formula is C12H8N2O2. The van der Waals surface area contributed by atoms with Crippen molar-refractivity contribution in [2.75, 3.05) is 0 Å². The zero-order chi connectivity index (χ0) is 11.1. The minimum atomic E-state index is -0.968. The number of benzene rings is 1. The lowest BCUT2D eigenvalue weighted by Crippen LogP contribution is -1.97. The Bertz CT molecular complexity index is 700. The van der Waals surface area contributed by atoms with E-state index in [9.17, 15) is 4.79 Å². The molecule has 0 radical (unpaired) electrons. The highest BCUT2D eigenvalue weighted by molar-refractivity contribution is 6.12. The molecule has 4 nitrogen and oxygen atoms in total. The van der Waals surface area contributed by atoms with Gasteiger partial charge >= 0.3 is 5.97 Å². The number of fused-ring (bicyclic) bond motifs is 3. The maximum Gasteiger partial charge on any atom is 0.339 e. The Morgan fingerprint density at radius 1 is 1.19 bits per heavy atom. The number of carboxylic acid groups (broad SMARTS) is 1. The molecule has 0 aliphatic rings. The van der Waals surface area contributed by atoms with Gasteiger partial charge in [0.15, 0.2) is 0 Å². The van der Waals surface area contributed by atoms with Crippen LogP contribution in [0.5, 0.6) is 0 Å². The lowest BCUT2D eigenvalue weighted by molar-refractivity contribution is 0.0698. The first-order valence-electron chi connectivity index (χ1n) is 4.85. The Kier molecular flexibility index (Phi) is 1.71. The van der Waals surface area contributed by atoms with Crippen molar-refractivity contribution in [1.82, 2.24) is 9.97 Å². The van der Waals surface area contributed by atoms with Crippen molar-refractivity contribution >= 4 is 27.8 Å². The van der Waals surface area contributed by atoms with Crippen LogP contribution in [0, 0.1) is 0 Å². The largest absolute Gasteiger partial charge is 0.478 e. The van der Waals surface area contributed by atoms with Crippen LogP contribution in [-0.2, 0) is 0 Å². The molecular weight excluding hydrogens is 204 g/mol. The highest BCUT2D eigenvalue weighted by Gasteiger charge is 2.12. The van der Waals surface area contributed by atoms with Crippen molar-refractivity contribution < 1.29 is 9.90 Å². The van der Waals surface area contributed by atoms with E-state index in [4.69, 9.17) is 5.11 Å². The van der Waals surface area contributed by atoms with Crippen LogP contribution < -0.4 is 0 Å². The zero-order valence-electron chi connectivity index (χ0n) is 8.27. The summed E-state index contributed by atoms with van der Waals surface area (Å²) in [7, 11) is 0. The molecule has 2 heterocycles. The van der Waals surface area contributed by atoms with Crippen molar-refractivity contribution in [2.24, 2.45) is 0 Å². The molecule has 16 heavy (non-hydrogen) atoms. The predicted molar refractivity (Wildman–Crippen MR) is 60.6 cm³/mol. The van der Waals surface area contributed by atoms with E-state index >= 15 is 0 Å². The number of aromatic amines is 1. The molecule has 0 fully saturated rings. The quantitative estimate of drug-likeness (QED) is 0.651. The lowest BCUT2D eigenvalue weighted by Gasteiger charge is -1.95. The van der Waals surface area contributed by atoms with Gasteiger partial charge in [0.05, 0.1) is 5.52 Å². The number of aromatic nitrogens is 2. The third-order valence-corrected chi connectivity index (χ3v) is 2.65. The summed E-state index contributed by atoms with van der Waals surface area (Å²) in [5.74, 6) is -0.968. The second kappa shape index (κ2) is 3.06. The second-order valence-corrected chi connectivity index (χ2v) is 3.59. The number of carbonyl (C=O) groups is 1. The van der Waals surface area contributed by atoms with Crippen LogP contribution in [0.3, 0.4) is 0 Å². The van der Waals surface area contributed by atoms with Gasteiger partial charge in [-0.25, -0.2) is 4.79 Å². The van der Waals surface area contributed by atoms with Crippen molar-refractivity contribution in [3.63, 3.8) is 0 Å². The number of para-hydroxylation sites is 1. The van der Waals surface area contributed by atoms with E-state index in [-0.39, 0.29) is 5.56 Å². The van der Waals surface area contributed by atoms with Crippen LogP contribution in [0.25, 0.3) is 21.8 Å². The minimum absolute atomic E-state index is 0.203. The number of hydrogen-bond acceptors (Lipinski definition) is 2. The molecule has 0 bridgehead atoms. The third kappa shape index (κ3) is 1.10. The van der Waals surface area contributed by atoms with Crippen LogP contribution in [0.1, 0.15) is 10.4 Å². The Morgan fingerprint density at radius 3 is 2.81 bits per heavy atom. The van der Waals surface area contributed by atoms with Crippen LogP contribution in [0.15, 0.2) is 36.7 Å². The van der Waals surface area contributed by atoms with Gasteiger partial charge in [0.1, 0.15) is 5.56 Å². The van der Waals surface area contributed by atoms with Crippen LogP contribution >= 0.6 is 0 Å². The van der Waals surface area contributed by atoms with Crippen LogP contribution in [0.2, 0.25) is 0 Å². The summed E-state index contributed by atoms with van der Waals surface area (Å²) in [6, 6.07) is 7.69. The Balaban J connectivity index is 2.54. The topological polar surface area (TPSA) is 66.0 Å². The molecule has 2 aromatic heterocycles. The molecule has 2 N–H and O–H groups in total. The second-order valence-electron chi connectivity index (χ2n) is 3.59. The van der Waals surface area contributed by atoms with E-state index < -0.39 is 5.97 Å².